The fourth-order valence-corrected chi connectivity index (χ4v) is 2.82. The number of hydrogen-bond acceptors (Lipinski definition) is 5. The second-order valence-corrected chi connectivity index (χ2v) is 6.25. The van der Waals surface area contributed by atoms with Crippen LogP contribution in [0.5, 0.6) is 17.5 Å². The smallest absolute Gasteiger partial charge is 0.420 e. The monoisotopic (exact) mass is 392 g/mol. The van der Waals surface area contributed by atoms with Crippen molar-refractivity contribution < 1.29 is 22.6 Å². The summed E-state index contributed by atoms with van der Waals surface area (Å²) in [6.07, 6.45) is 0.0348. The van der Waals surface area contributed by atoms with E-state index in [-0.39, 0.29) is 24.1 Å². The SMILES string of the molecule is CSc1cc(OCc2ccccc2)c(C(F)(F)F)cc1Oc1ncccn1. The normalized spacial score (nSPS) is 11.3. The first-order valence-electron chi connectivity index (χ1n) is 7.88. The van der Waals surface area contributed by atoms with Gasteiger partial charge in [-0.25, -0.2) is 9.97 Å². The summed E-state index contributed by atoms with van der Waals surface area (Å²) in [5.74, 6) is -0.231. The van der Waals surface area contributed by atoms with Crippen LogP contribution in [0.1, 0.15) is 11.1 Å². The van der Waals surface area contributed by atoms with E-state index >= 15 is 0 Å². The van der Waals surface area contributed by atoms with Crippen LogP contribution in [0.25, 0.3) is 0 Å². The highest BCUT2D eigenvalue weighted by atomic mass is 32.2. The van der Waals surface area contributed by atoms with E-state index in [4.69, 9.17) is 9.47 Å². The van der Waals surface area contributed by atoms with Gasteiger partial charge in [0.2, 0.25) is 0 Å². The summed E-state index contributed by atoms with van der Waals surface area (Å²) in [5, 5.41) is 0. The Kier molecular flexibility index (Phi) is 5.85. The molecular formula is C19H15F3N2O2S. The van der Waals surface area contributed by atoms with Crippen molar-refractivity contribution in [1.29, 1.82) is 0 Å². The number of benzene rings is 2. The van der Waals surface area contributed by atoms with Gasteiger partial charge in [-0.2, -0.15) is 13.2 Å². The van der Waals surface area contributed by atoms with Crippen LogP contribution in [0.3, 0.4) is 0 Å². The van der Waals surface area contributed by atoms with E-state index in [2.05, 4.69) is 9.97 Å². The van der Waals surface area contributed by atoms with E-state index in [1.54, 1.807) is 36.6 Å². The lowest BCUT2D eigenvalue weighted by atomic mass is 10.1. The molecule has 0 amide bonds. The van der Waals surface area contributed by atoms with Crippen molar-refractivity contribution in [2.75, 3.05) is 6.26 Å². The molecule has 3 rings (SSSR count). The average molecular weight is 392 g/mol. The lowest BCUT2D eigenvalue weighted by Gasteiger charge is -2.17. The highest BCUT2D eigenvalue weighted by Crippen LogP contribution is 2.43. The molecule has 0 aliphatic carbocycles. The molecule has 0 spiro atoms. The number of aromatic nitrogens is 2. The molecule has 0 unspecified atom stereocenters. The average Bonchev–Trinajstić information content (AvgIpc) is 2.67. The van der Waals surface area contributed by atoms with Crippen molar-refractivity contribution in [3.63, 3.8) is 0 Å². The van der Waals surface area contributed by atoms with Gasteiger partial charge in [0.05, 0.1) is 4.90 Å². The maximum atomic E-state index is 13.6. The van der Waals surface area contributed by atoms with E-state index in [0.29, 0.717) is 4.90 Å². The molecule has 1 heterocycles. The molecule has 140 valence electrons. The summed E-state index contributed by atoms with van der Waals surface area (Å²) in [4.78, 5) is 8.25. The maximum absolute atomic E-state index is 13.6. The topological polar surface area (TPSA) is 44.2 Å². The first-order chi connectivity index (χ1) is 13.0. The Balaban J connectivity index is 1.94. The molecule has 4 nitrogen and oxygen atoms in total. The van der Waals surface area contributed by atoms with Crippen LogP contribution in [0.15, 0.2) is 65.8 Å². The lowest BCUT2D eigenvalue weighted by Crippen LogP contribution is -2.10. The fraction of sp³-hybridized carbons (Fsp3) is 0.158. The van der Waals surface area contributed by atoms with Crippen molar-refractivity contribution in [3.05, 3.63) is 72.1 Å². The van der Waals surface area contributed by atoms with Crippen molar-refractivity contribution in [2.45, 2.75) is 17.7 Å². The molecular weight excluding hydrogens is 377 g/mol. The van der Waals surface area contributed by atoms with Crippen molar-refractivity contribution >= 4 is 11.8 Å². The van der Waals surface area contributed by atoms with E-state index in [9.17, 15) is 13.2 Å². The Morgan fingerprint density at radius 2 is 1.67 bits per heavy atom. The molecule has 1 aromatic heterocycles. The maximum Gasteiger partial charge on any atom is 0.420 e. The van der Waals surface area contributed by atoms with E-state index in [1.165, 1.54) is 30.2 Å². The fourth-order valence-electron chi connectivity index (χ4n) is 2.29. The summed E-state index contributed by atoms with van der Waals surface area (Å²) >= 11 is 1.24. The molecule has 3 aromatic rings. The van der Waals surface area contributed by atoms with Crippen molar-refractivity contribution in [1.82, 2.24) is 9.97 Å². The third kappa shape index (κ3) is 4.91. The molecule has 0 atom stereocenters. The van der Waals surface area contributed by atoms with Crippen LogP contribution >= 0.6 is 11.8 Å². The minimum absolute atomic E-state index is 0.0214. The Labute approximate surface area is 158 Å². The third-order valence-electron chi connectivity index (χ3n) is 3.55. The lowest BCUT2D eigenvalue weighted by molar-refractivity contribution is -0.139. The summed E-state index contributed by atoms with van der Waals surface area (Å²) < 4.78 is 51.6. The van der Waals surface area contributed by atoms with Crippen LogP contribution in [0, 0.1) is 0 Å². The summed E-state index contributed by atoms with van der Waals surface area (Å²) in [6.45, 7) is 0.0275. The molecule has 0 aliphatic rings. The molecule has 0 N–H and O–H groups in total. The standard InChI is InChI=1S/C19H15F3N2O2S/c1-27-17-11-15(25-12-13-6-3-2-4-7-13)14(19(20,21)22)10-16(17)26-18-23-8-5-9-24-18/h2-11H,12H2,1H3. The van der Waals surface area contributed by atoms with Gasteiger partial charge in [-0.3, -0.25) is 0 Å². The highest BCUT2D eigenvalue weighted by molar-refractivity contribution is 7.98. The zero-order chi connectivity index (χ0) is 19.3. The number of rotatable bonds is 6. The van der Waals surface area contributed by atoms with Gasteiger partial charge in [-0.15, -0.1) is 11.8 Å². The first kappa shape index (κ1) is 19.0. The van der Waals surface area contributed by atoms with E-state index in [1.807, 2.05) is 6.07 Å². The zero-order valence-electron chi connectivity index (χ0n) is 14.2. The number of alkyl halides is 3. The Bertz CT molecular complexity index is 891. The number of nitrogens with zero attached hydrogens (tertiary/aromatic N) is 2. The van der Waals surface area contributed by atoms with Crippen LogP contribution in [-0.4, -0.2) is 16.2 Å². The second-order valence-electron chi connectivity index (χ2n) is 5.40. The molecule has 0 radical (unpaired) electrons. The summed E-state index contributed by atoms with van der Waals surface area (Å²) in [6, 6.07) is 12.8. The van der Waals surface area contributed by atoms with Crippen LogP contribution < -0.4 is 9.47 Å². The molecule has 2 aromatic carbocycles. The number of thioether (sulfide) groups is 1. The van der Waals surface area contributed by atoms with Gasteiger partial charge in [-0.1, -0.05) is 30.3 Å². The molecule has 0 aliphatic heterocycles. The molecule has 0 fully saturated rings. The predicted molar refractivity (Wildman–Crippen MR) is 96.1 cm³/mol. The van der Waals surface area contributed by atoms with Gasteiger partial charge >= 0.3 is 12.2 Å². The molecule has 0 bridgehead atoms. The third-order valence-corrected chi connectivity index (χ3v) is 4.31. The largest absolute Gasteiger partial charge is 0.488 e. The van der Waals surface area contributed by atoms with Crippen LogP contribution in [-0.2, 0) is 12.8 Å². The van der Waals surface area contributed by atoms with Gasteiger partial charge in [0.1, 0.15) is 23.7 Å². The summed E-state index contributed by atoms with van der Waals surface area (Å²) in [7, 11) is 0. The predicted octanol–water partition coefficient (Wildman–Crippen LogP) is 5.59. The van der Waals surface area contributed by atoms with E-state index in [0.717, 1.165) is 11.6 Å². The minimum atomic E-state index is -4.60. The van der Waals surface area contributed by atoms with Crippen molar-refractivity contribution in [3.8, 4) is 17.5 Å². The highest BCUT2D eigenvalue weighted by Gasteiger charge is 2.36. The number of hydrogen-bond donors (Lipinski definition) is 0. The molecule has 0 saturated carbocycles. The first-order valence-corrected chi connectivity index (χ1v) is 9.10. The van der Waals surface area contributed by atoms with Gasteiger partial charge in [0, 0.05) is 12.4 Å². The molecule has 27 heavy (non-hydrogen) atoms. The van der Waals surface area contributed by atoms with E-state index < -0.39 is 11.7 Å². The Morgan fingerprint density at radius 1 is 0.963 bits per heavy atom. The van der Waals surface area contributed by atoms with Gasteiger partial charge in [0.25, 0.3) is 0 Å². The Morgan fingerprint density at radius 3 is 2.30 bits per heavy atom. The van der Waals surface area contributed by atoms with Gasteiger partial charge < -0.3 is 9.47 Å². The number of halogens is 3. The number of ether oxygens (including phenoxy) is 2. The van der Waals surface area contributed by atoms with Crippen LogP contribution in [0.4, 0.5) is 13.2 Å². The Hall–Kier alpha value is -2.74. The molecule has 8 heteroatoms. The van der Waals surface area contributed by atoms with Gasteiger partial charge in [0.15, 0.2) is 0 Å². The summed E-state index contributed by atoms with van der Waals surface area (Å²) in [5.41, 5.74) is -0.142. The minimum Gasteiger partial charge on any atom is -0.488 e. The molecule has 0 saturated heterocycles. The zero-order valence-corrected chi connectivity index (χ0v) is 15.1. The van der Waals surface area contributed by atoms with Crippen molar-refractivity contribution in [2.24, 2.45) is 0 Å². The van der Waals surface area contributed by atoms with Gasteiger partial charge in [-0.05, 0) is 30.0 Å². The van der Waals surface area contributed by atoms with Crippen LogP contribution in [0.2, 0.25) is 0 Å². The quantitative estimate of drug-likeness (QED) is 0.512. The second kappa shape index (κ2) is 8.30.